The van der Waals surface area contributed by atoms with Crippen LogP contribution in [0.25, 0.3) is 10.9 Å². The van der Waals surface area contributed by atoms with Crippen LogP contribution in [0.3, 0.4) is 0 Å². The van der Waals surface area contributed by atoms with E-state index in [2.05, 4.69) is 9.71 Å². The SMILES string of the molecule is Cc1cc2cc(NS(=O)(=O)c3ccccc3C=O)ccc2[nH]c1=O. The van der Waals surface area contributed by atoms with Gasteiger partial charge < -0.3 is 4.98 Å². The summed E-state index contributed by atoms with van der Waals surface area (Å²) in [7, 11) is -3.90. The molecule has 0 saturated heterocycles. The lowest BCUT2D eigenvalue weighted by Crippen LogP contribution is -2.15. The second-order valence-electron chi connectivity index (χ2n) is 5.34. The Morgan fingerprint density at radius 3 is 2.58 bits per heavy atom. The zero-order chi connectivity index (χ0) is 17.3. The van der Waals surface area contributed by atoms with E-state index in [4.69, 9.17) is 0 Å². The number of fused-ring (bicyclic) bond motifs is 1. The number of carbonyl (C=O) groups is 1. The number of aryl methyl sites for hydroxylation is 1. The molecule has 1 heterocycles. The van der Waals surface area contributed by atoms with Gasteiger partial charge in [0.1, 0.15) is 0 Å². The summed E-state index contributed by atoms with van der Waals surface area (Å²) in [6.45, 7) is 1.68. The van der Waals surface area contributed by atoms with Gasteiger partial charge in [-0.3, -0.25) is 14.3 Å². The molecule has 3 aromatic rings. The smallest absolute Gasteiger partial charge is 0.262 e. The molecule has 0 unspecified atom stereocenters. The molecule has 3 rings (SSSR count). The molecule has 0 amide bonds. The normalized spacial score (nSPS) is 11.4. The first-order valence-electron chi connectivity index (χ1n) is 7.11. The maximum absolute atomic E-state index is 12.5. The van der Waals surface area contributed by atoms with Gasteiger partial charge in [0.05, 0.1) is 4.90 Å². The average molecular weight is 342 g/mol. The zero-order valence-electron chi connectivity index (χ0n) is 12.7. The maximum Gasteiger partial charge on any atom is 0.262 e. The van der Waals surface area contributed by atoms with Crippen LogP contribution in [0, 0.1) is 6.92 Å². The lowest BCUT2D eigenvalue weighted by atomic mass is 10.1. The molecule has 0 bridgehead atoms. The molecule has 1 aromatic heterocycles. The van der Waals surface area contributed by atoms with E-state index in [0.717, 1.165) is 0 Å². The Bertz CT molecular complexity index is 1100. The highest BCUT2D eigenvalue weighted by molar-refractivity contribution is 7.92. The molecular weight excluding hydrogens is 328 g/mol. The van der Waals surface area contributed by atoms with E-state index < -0.39 is 10.0 Å². The van der Waals surface area contributed by atoms with Crippen LogP contribution in [-0.4, -0.2) is 19.7 Å². The number of sulfonamides is 1. The van der Waals surface area contributed by atoms with Crippen molar-refractivity contribution in [3.63, 3.8) is 0 Å². The standard InChI is InChI=1S/C17H14N2O4S/c1-11-8-13-9-14(6-7-15(13)18-17(11)21)19-24(22,23)16-5-3-2-4-12(16)10-20/h2-10,19H,1H3,(H,18,21). The number of aldehydes is 1. The van der Waals surface area contributed by atoms with Gasteiger partial charge in [-0.1, -0.05) is 18.2 Å². The number of nitrogens with one attached hydrogen (secondary N) is 2. The fourth-order valence-corrected chi connectivity index (χ4v) is 3.64. The molecule has 122 valence electrons. The highest BCUT2D eigenvalue weighted by Crippen LogP contribution is 2.22. The number of anilines is 1. The minimum atomic E-state index is -3.90. The van der Waals surface area contributed by atoms with Crippen LogP contribution in [0.1, 0.15) is 15.9 Å². The van der Waals surface area contributed by atoms with E-state index in [1.165, 1.54) is 12.1 Å². The minimum absolute atomic E-state index is 0.0854. The van der Waals surface area contributed by atoms with Crippen molar-refractivity contribution in [3.05, 3.63) is 70.0 Å². The van der Waals surface area contributed by atoms with Gasteiger partial charge in [0.15, 0.2) is 6.29 Å². The number of carbonyl (C=O) groups excluding carboxylic acids is 1. The van der Waals surface area contributed by atoms with Crippen LogP contribution in [0.2, 0.25) is 0 Å². The summed E-state index contributed by atoms with van der Waals surface area (Å²) in [5, 5.41) is 0.705. The van der Waals surface area contributed by atoms with Crippen molar-refractivity contribution in [2.45, 2.75) is 11.8 Å². The van der Waals surface area contributed by atoms with E-state index in [0.29, 0.717) is 28.4 Å². The molecule has 0 aliphatic heterocycles. The van der Waals surface area contributed by atoms with Crippen molar-refractivity contribution in [2.75, 3.05) is 4.72 Å². The number of pyridine rings is 1. The van der Waals surface area contributed by atoms with Gasteiger partial charge in [0, 0.05) is 27.7 Å². The van der Waals surface area contributed by atoms with E-state index in [1.807, 2.05) is 0 Å². The molecule has 24 heavy (non-hydrogen) atoms. The van der Waals surface area contributed by atoms with E-state index in [-0.39, 0.29) is 16.0 Å². The van der Waals surface area contributed by atoms with Crippen molar-refractivity contribution in [1.29, 1.82) is 0 Å². The van der Waals surface area contributed by atoms with Crippen molar-refractivity contribution >= 4 is 32.9 Å². The second kappa shape index (κ2) is 5.93. The molecule has 0 saturated carbocycles. The molecule has 0 aliphatic carbocycles. The summed E-state index contributed by atoms with van der Waals surface area (Å²) in [6.07, 6.45) is 0.503. The molecular formula is C17H14N2O4S. The molecule has 0 radical (unpaired) electrons. The summed E-state index contributed by atoms with van der Waals surface area (Å²) in [4.78, 5) is 25.3. The molecule has 0 atom stereocenters. The zero-order valence-corrected chi connectivity index (χ0v) is 13.6. The van der Waals surface area contributed by atoms with E-state index in [9.17, 15) is 18.0 Å². The first-order valence-corrected chi connectivity index (χ1v) is 8.60. The first kappa shape index (κ1) is 15.9. The molecule has 2 aromatic carbocycles. The Balaban J connectivity index is 2.04. The van der Waals surface area contributed by atoms with Crippen LogP contribution in [0.15, 0.2) is 58.2 Å². The topological polar surface area (TPSA) is 96.1 Å². The van der Waals surface area contributed by atoms with Gasteiger partial charge in [-0.2, -0.15) is 0 Å². The van der Waals surface area contributed by atoms with Gasteiger partial charge in [-0.05, 0) is 37.3 Å². The van der Waals surface area contributed by atoms with Gasteiger partial charge in [0.2, 0.25) is 0 Å². The quantitative estimate of drug-likeness (QED) is 0.712. The van der Waals surface area contributed by atoms with Crippen LogP contribution >= 0.6 is 0 Å². The van der Waals surface area contributed by atoms with Crippen LogP contribution < -0.4 is 10.3 Å². The third-order valence-corrected chi connectivity index (χ3v) is 5.07. The molecule has 7 heteroatoms. The third kappa shape index (κ3) is 2.93. The number of hydrogen-bond donors (Lipinski definition) is 2. The average Bonchev–Trinajstić information content (AvgIpc) is 2.56. The lowest BCUT2D eigenvalue weighted by Gasteiger charge is -2.10. The first-order chi connectivity index (χ1) is 11.4. The predicted molar refractivity (Wildman–Crippen MR) is 91.9 cm³/mol. The minimum Gasteiger partial charge on any atom is -0.322 e. The number of aromatic amines is 1. The Hall–Kier alpha value is -2.93. The number of H-pyrrole nitrogens is 1. The highest BCUT2D eigenvalue weighted by Gasteiger charge is 2.18. The van der Waals surface area contributed by atoms with Crippen LogP contribution in [0.4, 0.5) is 5.69 Å². The van der Waals surface area contributed by atoms with Crippen molar-refractivity contribution in [2.24, 2.45) is 0 Å². The fraction of sp³-hybridized carbons (Fsp3) is 0.0588. The fourth-order valence-electron chi connectivity index (χ4n) is 2.41. The molecule has 6 nitrogen and oxygen atoms in total. The van der Waals surface area contributed by atoms with Gasteiger partial charge in [-0.15, -0.1) is 0 Å². The molecule has 2 N–H and O–H groups in total. The Labute approximate surface area is 138 Å². The number of aromatic nitrogens is 1. The maximum atomic E-state index is 12.5. The van der Waals surface area contributed by atoms with Crippen molar-refractivity contribution in [1.82, 2.24) is 4.98 Å². The number of benzene rings is 2. The van der Waals surface area contributed by atoms with Gasteiger partial charge >= 0.3 is 0 Å². The van der Waals surface area contributed by atoms with Crippen molar-refractivity contribution in [3.8, 4) is 0 Å². The number of rotatable bonds is 4. The van der Waals surface area contributed by atoms with Gasteiger partial charge in [-0.25, -0.2) is 8.42 Å². The lowest BCUT2D eigenvalue weighted by molar-refractivity contribution is 0.112. The van der Waals surface area contributed by atoms with Crippen LogP contribution in [0.5, 0.6) is 0 Å². The Morgan fingerprint density at radius 1 is 1.08 bits per heavy atom. The summed E-state index contributed by atoms with van der Waals surface area (Å²) < 4.78 is 27.5. The second-order valence-corrected chi connectivity index (χ2v) is 7.00. The third-order valence-electron chi connectivity index (χ3n) is 3.62. The van der Waals surface area contributed by atoms with E-state index >= 15 is 0 Å². The summed E-state index contributed by atoms with van der Waals surface area (Å²) in [6, 6.07) is 12.4. The Kier molecular flexibility index (Phi) is 3.94. The van der Waals surface area contributed by atoms with Crippen molar-refractivity contribution < 1.29 is 13.2 Å². The van der Waals surface area contributed by atoms with E-state index in [1.54, 1.807) is 43.3 Å². The molecule has 0 fully saturated rings. The summed E-state index contributed by atoms with van der Waals surface area (Å²) in [5.41, 5.74) is 1.40. The highest BCUT2D eigenvalue weighted by atomic mass is 32.2. The predicted octanol–water partition coefficient (Wildman–Crippen LogP) is 2.45. The van der Waals surface area contributed by atoms with Gasteiger partial charge in [0.25, 0.3) is 15.6 Å². The molecule has 0 aliphatic rings. The molecule has 0 spiro atoms. The number of hydrogen-bond acceptors (Lipinski definition) is 4. The van der Waals surface area contributed by atoms with Crippen LogP contribution in [-0.2, 0) is 10.0 Å². The summed E-state index contributed by atoms with van der Waals surface area (Å²) >= 11 is 0. The largest absolute Gasteiger partial charge is 0.322 e. The Morgan fingerprint density at radius 2 is 1.83 bits per heavy atom. The monoisotopic (exact) mass is 342 g/mol. The summed E-state index contributed by atoms with van der Waals surface area (Å²) in [5.74, 6) is 0.